The van der Waals surface area contributed by atoms with Gasteiger partial charge in [0.25, 0.3) is 0 Å². The Balaban J connectivity index is 2.45. The molecular formula is C14H18BrN3. The van der Waals surface area contributed by atoms with Crippen molar-refractivity contribution in [2.75, 3.05) is 6.54 Å². The summed E-state index contributed by atoms with van der Waals surface area (Å²) in [7, 11) is 2.02. The highest BCUT2D eigenvalue weighted by Crippen LogP contribution is 2.28. The minimum atomic E-state index is 0.116. The van der Waals surface area contributed by atoms with E-state index in [0.29, 0.717) is 0 Å². The van der Waals surface area contributed by atoms with Gasteiger partial charge in [-0.25, -0.2) is 4.98 Å². The van der Waals surface area contributed by atoms with Crippen LogP contribution in [0.1, 0.15) is 29.9 Å². The maximum atomic E-state index is 4.45. The number of aromatic nitrogens is 2. The number of imidazole rings is 1. The van der Waals surface area contributed by atoms with E-state index >= 15 is 0 Å². The molecule has 0 aliphatic rings. The summed E-state index contributed by atoms with van der Waals surface area (Å²) in [6.07, 6.45) is 3.81. The van der Waals surface area contributed by atoms with Crippen LogP contribution in [0, 0.1) is 6.92 Å². The summed E-state index contributed by atoms with van der Waals surface area (Å²) in [6.45, 7) is 5.10. The molecule has 0 aliphatic heterocycles. The number of halogens is 1. The number of nitrogens with one attached hydrogen (secondary N) is 1. The van der Waals surface area contributed by atoms with Gasteiger partial charge in [-0.15, -0.1) is 0 Å². The first-order chi connectivity index (χ1) is 8.63. The second-order valence-corrected chi connectivity index (χ2v) is 5.27. The first-order valence-corrected chi connectivity index (χ1v) is 6.89. The zero-order valence-electron chi connectivity index (χ0n) is 10.9. The molecule has 0 saturated carbocycles. The van der Waals surface area contributed by atoms with Gasteiger partial charge in [-0.2, -0.15) is 0 Å². The third-order valence-corrected chi connectivity index (χ3v) is 3.68. The van der Waals surface area contributed by atoms with Crippen molar-refractivity contribution in [3.05, 3.63) is 52.0 Å². The van der Waals surface area contributed by atoms with Crippen molar-refractivity contribution >= 4 is 15.9 Å². The van der Waals surface area contributed by atoms with Crippen LogP contribution in [-0.4, -0.2) is 16.1 Å². The summed E-state index contributed by atoms with van der Waals surface area (Å²) in [5, 5.41) is 3.49. The Morgan fingerprint density at radius 3 is 2.78 bits per heavy atom. The monoisotopic (exact) mass is 307 g/mol. The lowest BCUT2D eigenvalue weighted by molar-refractivity contribution is 0.575. The van der Waals surface area contributed by atoms with Crippen LogP contribution in [0.4, 0.5) is 0 Å². The molecule has 0 saturated heterocycles. The molecule has 96 valence electrons. The maximum Gasteiger partial charge on any atom is 0.130 e. The first-order valence-electron chi connectivity index (χ1n) is 6.10. The van der Waals surface area contributed by atoms with Gasteiger partial charge in [0.2, 0.25) is 0 Å². The molecule has 3 nitrogen and oxygen atoms in total. The van der Waals surface area contributed by atoms with E-state index in [1.807, 2.05) is 19.4 Å². The Kier molecular flexibility index (Phi) is 4.19. The molecule has 1 aromatic carbocycles. The average molecular weight is 308 g/mol. The third kappa shape index (κ3) is 2.65. The zero-order chi connectivity index (χ0) is 13.1. The van der Waals surface area contributed by atoms with Gasteiger partial charge in [-0.3, -0.25) is 0 Å². The van der Waals surface area contributed by atoms with Gasteiger partial charge >= 0.3 is 0 Å². The molecule has 1 atom stereocenters. The summed E-state index contributed by atoms with van der Waals surface area (Å²) < 4.78 is 3.18. The van der Waals surface area contributed by atoms with Crippen molar-refractivity contribution in [3.8, 4) is 0 Å². The number of hydrogen-bond donors (Lipinski definition) is 1. The predicted octanol–water partition coefficient (Wildman–Crippen LogP) is 3.19. The minimum Gasteiger partial charge on any atom is -0.336 e. The topological polar surface area (TPSA) is 29.9 Å². The number of rotatable bonds is 4. The normalized spacial score (nSPS) is 12.7. The van der Waals surface area contributed by atoms with Crippen LogP contribution in [-0.2, 0) is 7.05 Å². The molecule has 0 spiro atoms. The van der Waals surface area contributed by atoms with Crippen LogP contribution in [0.25, 0.3) is 0 Å². The van der Waals surface area contributed by atoms with E-state index in [9.17, 15) is 0 Å². The summed E-state index contributed by atoms with van der Waals surface area (Å²) in [5.41, 5.74) is 2.47. The predicted molar refractivity (Wildman–Crippen MR) is 77.6 cm³/mol. The largest absolute Gasteiger partial charge is 0.336 e. The summed E-state index contributed by atoms with van der Waals surface area (Å²) in [5.74, 6) is 1.03. The minimum absolute atomic E-state index is 0.116. The van der Waals surface area contributed by atoms with Crippen molar-refractivity contribution in [1.82, 2.24) is 14.9 Å². The van der Waals surface area contributed by atoms with E-state index in [2.05, 4.69) is 62.8 Å². The lowest BCUT2D eigenvalue weighted by Crippen LogP contribution is -2.25. The van der Waals surface area contributed by atoms with Gasteiger partial charge in [0.05, 0.1) is 6.04 Å². The van der Waals surface area contributed by atoms with Crippen molar-refractivity contribution in [2.24, 2.45) is 7.05 Å². The van der Waals surface area contributed by atoms with Crippen LogP contribution >= 0.6 is 15.9 Å². The van der Waals surface area contributed by atoms with Gasteiger partial charge in [0.1, 0.15) is 5.82 Å². The third-order valence-electron chi connectivity index (χ3n) is 2.99. The molecule has 1 unspecified atom stereocenters. The summed E-state index contributed by atoms with van der Waals surface area (Å²) >= 11 is 3.65. The number of benzene rings is 1. The van der Waals surface area contributed by atoms with Crippen molar-refractivity contribution in [2.45, 2.75) is 19.9 Å². The van der Waals surface area contributed by atoms with Crippen molar-refractivity contribution in [1.29, 1.82) is 0 Å². The maximum absolute atomic E-state index is 4.45. The molecular weight excluding hydrogens is 290 g/mol. The summed E-state index contributed by atoms with van der Waals surface area (Å²) in [6, 6.07) is 6.54. The Labute approximate surface area is 116 Å². The highest BCUT2D eigenvalue weighted by atomic mass is 79.9. The lowest BCUT2D eigenvalue weighted by Gasteiger charge is -2.19. The molecule has 0 bridgehead atoms. The highest BCUT2D eigenvalue weighted by Gasteiger charge is 2.19. The smallest absolute Gasteiger partial charge is 0.130 e. The zero-order valence-corrected chi connectivity index (χ0v) is 12.5. The van der Waals surface area contributed by atoms with E-state index in [1.165, 1.54) is 11.1 Å². The molecule has 0 aliphatic carbocycles. The molecule has 1 N–H and O–H groups in total. The second kappa shape index (κ2) is 5.67. The molecule has 2 rings (SSSR count). The molecule has 1 heterocycles. The SMILES string of the molecule is CCNC(c1ccc(C)cc1Br)c1nccn1C. The summed E-state index contributed by atoms with van der Waals surface area (Å²) in [4.78, 5) is 4.45. The second-order valence-electron chi connectivity index (χ2n) is 4.41. The fourth-order valence-corrected chi connectivity index (χ4v) is 2.79. The standard InChI is InChI=1S/C14H18BrN3/c1-4-16-13(14-17-7-8-18(14)3)11-6-5-10(2)9-12(11)15/h5-9,13,16H,4H2,1-3H3. The van der Waals surface area contributed by atoms with Crippen LogP contribution in [0.3, 0.4) is 0 Å². The molecule has 0 radical (unpaired) electrons. The molecule has 0 amide bonds. The van der Waals surface area contributed by atoms with E-state index in [-0.39, 0.29) is 6.04 Å². The Morgan fingerprint density at radius 1 is 1.44 bits per heavy atom. The van der Waals surface area contributed by atoms with Gasteiger partial charge in [0.15, 0.2) is 0 Å². The van der Waals surface area contributed by atoms with Crippen LogP contribution in [0.15, 0.2) is 35.1 Å². The van der Waals surface area contributed by atoms with E-state index in [4.69, 9.17) is 0 Å². The van der Waals surface area contributed by atoms with Gasteiger partial charge < -0.3 is 9.88 Å². The number of hydrogen-bond acceptors (Lipinski definition) is 2. The van der Waals surface area contributed by atoms with Crippen LogP contribution in [0.5, 0.6) is 0 Å². The Hall–Kier alpha value is -1.13. The number of nitrogens with zero attached hydrogens (tertiary/aromatic N) is 2. The Bertz CT molecular complexity index is 534. The molecule has 0 fully saturated rings. The first kappa shape index (κ1) is 13.3. The van der Waals surface area contributed by atoms with Crippen LogP contribution in [0.2, 0.25) is 0 Å². The van der Waals surface area contributed by atoms with E-state index in [1.54, 1.807) is 0 Å². The Morgan fingerprint density at radius 2 is 2.22 bits per heavy atom. The fourth-order valence-electron chi connectivity index (χ4n) is 2.07. The lowest BCUT2D eigenvalue weighted by atomic mass is 10.0. The van der Waals surface area contributed by atoms with E-state index < -0.39 is 0 Å². The fraction of sp³-hybridized carbons (Fsp3) is 0.357. The molecule has 1 aromatic heterocycles. The van der Waals surface area contributed by atoms with Gasteiger partial charge in [-0.05, 0) is 30.7 Å². The van der Waals surface area contributed by atoms with Gasteiger partial charge in [0, 0.05) is 23.9 Å². The average Bonchev–Trinajstić information content (AvgIpc) is 2.73. The molecule has 18 heavy (non-hydrogen) atoms. The number of aryl methyl sites for hydroxylation is 2. The molecule has 4 heteroatoms. The van der Waals surface area contributed by atoms with E-state index in [0.717, 1.165) is 16.8 Å². The quantitative estimate of drug-likeness (QED) is 0.940. The highest BCUT2D eigenvalue weighted by molar-refractivity contribution is 9.10. The van der Waals surface area contributed by atoms with Crippen molar-refractivity contribution < 1.29 is 0 Å². The molecule has 2 aromatic rings. The van der Waals surface area contributed by atoms with Gasteiger partial charge in [-0.1, -0.05) is 35.0 Å². The van der Waals surface area contributed by atoms with Crippen molar-refractivity contribution in [3.63, 3.8) is 0 Å². The van der Waals surface area contributed by atoms with Crippen LogP contribution < -0.4 is 5.32 Å².